The van der Waals surface area contributed by atoms with E-state index in [2.05, 4.69) is 33.2 Å². The number of thiophene rings is 1. The van der Waals surface area contributed by atoms with Crippen LogP contribution in [0.25, 0.3) is 10.2 Å². The molecule has 1 aliphatic rings. The van der Waals surface area contributed by atoms with Gasteiger partial charge in [-0.05, 0) is 49.9 Å². The number of nitrogens with one attached hydrogen (secondary N) is 1. The SMILES string of the molecule is CCc1cc2c(N3CCC[C@@H](C(=O)Nc4cccc(Cl)c4C)C3)ncnc2s1. The maximum atomic E-state index is 12.9. The van der Waals surface area contributed by atoms with Crippen LogP contribution in [0.4, 0.5) is 11.5 Å². The van der Waals surface area contributed by atoms with Crippen molar-refractivity contribution in [2.75, 3.05) is 23.3 Å². The molecule has 1 fully saturated rings. The number of benzene rings is 1. The van der Waals surface area contributed by atoms with Crippen molar-refractivity contribution in [3.8, 4) is 0 Å². The zero-order valence-corrected chi connectivity index (χ0v) is 17.6. The highest BCUT2D eigenvalue weighted by Gasteiger charge is 2.28. The number of fused-ring (bicyclic) bond motifs is 1. The molecule has 1 atom stereocenters. The molecule has 1 N–H and O–H groups in total. The van der Waals surface area contributed by atoms with Gasteiger partial charge < -0.3 is 10.2 Å². The first kappa shape index (κ1) is 19.2. The second-order valence-corrected chi connectivity index (χ2v) is 8.69. The van der Waals surface area contributed by atoms with Crippen LogP contribution in [0.2, 0.25) is 5.02 Å². The van der Waals surface area contributed by atoms with Crippen molar-refractivity contribution in [3.05, 3.63) is 46.1 Å². The number of rotatable bonds is 4. The molecule has 0 aliphatic carbocycles. The molecule has 1 aliphatic heterocycles. The number of halogens is 1. The van der Waals surface area contributed by atoms with Gasteiger partial charge in [0.05, 0.1) is 11.3 Å². The monoisotopic (exact) mass is 414 g/mol. The number of anilines is 2. The van der Waals surface area contributed by atoms with Gasteiger partial charge >= 0.3 is 0 Å². The molecule has 0 unspecified atom stereocenters. The van der Waals surface area contributed by atoms with Crippen molar-refractivity contribution in [3.63, 3.8) is 0 Å². The Balaban J connectivity index is 1.54. The standard InChI is InChI=1S/C21H23ClN4OS/c1-3-15-10-16-19(23-12-24-21(16)28-15)26-9-5-6-14(11-26)20(27)25-18-8-4-7-17(22)13(18)2/h4,7-8,10,12,14H,3,5-6,9,11H2,1-2H3,(H,25,27)/t14-/m1/s1. The maximum Gasteiger partial charge on any atom is 0.229 e. The highest BCUT2D eigenvalue weighted by atomic mass is 35.5. The largest absolute Gasteiger partial charge is 0.355 e. The van der Waals surface area contributed by atoms with E-state index in [0.717, 1.165) is 53.1 Å². The van der Waals surface area contributed by atoms with Gasteiger partial charge in [-0.3, -0.25) is 4.79 Å². The number of hydrogen-bond donors (Lipinski definition) is 1. The number of hydrogen-bond acceptors (Lipinski definition) is 5. The van der Waals surface area contributed by atoms with Gasteiger partial charge in [-0.15, -0.1) is 11.3 Å². The molecule has 3 heterocycles. The van der Waals surface area contributed by atoms with Crippen molar-refractivity contribution in [2.24, 2.45) is 5.92 Å². The Kier molecular flexibility index (Phi) is 5.51. The molecule has 0 bridgehead atoms. The van der Waals surface area contributed by atoms with E-state index in [1.807, 2.05) is 25.1 Å². The summed E-state index contributed by atoms with van der Waals surface area (Å²) in [6.07, 6.45) is 4.46. The van der Waals surface area contributed by atoms with Crippen LogP contribution in [-0.2, 0) is 11.2 Å². The molecule has 1 amide bonds. The van der Waals surface area contributed by atoms with Gasteiger partial charge in [-0.1, -0.05) is 24.6 Å². The predicted molar refractivity (Wildman–Crippen MR) is 117 cm³/mol. The van der Waals surface area contributed by atoms with E-state index in [-0.39, 0.29) is 11.8 Å². The summed E-state index contributed by atoms with van der Waals surface area (Å²) in [6, 6.07) is 7.78. The highest BCUT2D eigenvalue weighted by molar-refractivity contribution is 7.18. The number of piperidine rings is 1. The van der Waals surface area contributed by atoms with Gasteiger partial charge in [-0.25, -0.2) is 9.97 Å². The van der Waals surface area contributed by atoms with Crippen molar-refractivity contribution >= 4 is 50.6 Å². The molecule has 1 aromatic carbocycles. The van der Waals surface area contributed by atoms with Crippen LogP contribution in [0.1, 0.15) is 30.2 Å². The van der Waals surface area contributed by atoms with Crippen molar-refractivity contribution in [1.82, 2.24) is 9.97 Å². The third-order valence-corrected chi connectivity index (χ3v) is 6.92. The first-order valence-electron chi connectivity index (χ1n) is 9.61. The average molecular weight is 415 g/mol. The zero-order chi connectivity index (χ0) is 19.7. The lowest BCUT2D eigenvalue weighted by atomic mass is 9.96. The Morgan fingerprint density at radius 3 is 3.07 bits per heavy atom. The van der Waals surface area contributed by atoms with Crippen LogP contribution in [0, 0.1) is 12.8 Å². The summed E-state index contributed by atoms with van der Waals surface area (Å²) in [5.74, 6) is 0.902. The minimum atomic E-state index is -0.0820. The molecule has 2 aromatic heterocycles. The normalized spacial score (nSPS) is 17.1. The fourth-order valence-electron chi connectivity index (χ4n) is 3.68. The fourth-order valence-corrected chi connectivity index (χ4v) is 4.78. The molecule has 28 heavy (non-hydrogen) atoms. The second kappa shape index (κ2) is 8.05. The van der Waals surface area contributed by atoms with E-state index in [9.17, 15) is 4.79 Å². The van der Waals surface area contributed by atoms with Crippen LogP contribution in [0.15, 0.2) is 30.6 Å². The minimum absolute atomic E-state index is 0.0416. The second-order valence-electron chi connectivity index (χ2n) is 7.17. The maximum absolute atomic E-state index is 12.9. The molecule has 1 saturated heterocycles. The van der Waals surface area contributed by atoms with E-state index >= 15 is 0 Å². The van der Waals surface area contributed by atoms with Gasteiger partial charge in [-0.2, -0.15) is 0 Å². The zero-order valence-electron chi connectivity index (χ0n) is 16.0. The Morgan fingerprint density at radius 1 is 1.39 bits per heavy atom. The fraction of sp³-hybridized carbons (Fsp3) is 0.381. The van der Waals surface area contributed by atoms with Gasteiger partial charge in [0.15, 0.2) is 0 Å². The third-order valence-electron chi connectivity index (χ3n) is 5.33. The van der Waals surface area contributed by atoms with Gasteiger partial charge in [0.1, 0.15) is 17.0 Å². The summed E-state index contributed by atoms with van der Waals surface area (Å²) in [7, 11) is 0. The summed E-state index contributed by atoms with van der Waals surface area (Å²) in [4.78, 5) is 26.4. The third kappa shape index (κ3) is 3.71. The molecular formula is C21H23ClN4OS. The predicted octanol–water partition coefficient (Wildman–Crippen LogP) is 5.07. The number of nitrogens with zero attached hydrogens (tertiary/aromatic N) is 3. The highest BCUT2D eigenvalue weighted by Crippen LogP contribution is 2.33. The minimum Gasteiger partial charge on any atom is -0.355 e. The van der Waals surface area contributed by atoms with E-state index in [1.165, 1.54) is 4.88 Å². The van der Waals surface area contributed by atoms with E-state index in [1.54, 1.807) is 17.7 Å². The van der Waals surface area contributed by atoms with Crippen LogP contribution in [0.5, 0.6) is 0 Å². The quantitative estimate of drug-likeness (QED) is 0.647. The Bertz CT molecular complexity index is 1020. The van der Waals surface area contributed by atoms with Gasteiger partial charge in [0, 0.05) is 28.7 Å². The van der Waals surface area contributed by atoms with E-state index in [4.69, 9.17) is 11.6 Å². The summed E-state index contributed by atoms with van der Waals surface area (Å²) < 4.78 is 0. The van der Waals surface area contributed by atoms with Crippen molar-refractivity contribution in [1.29, 1.82) is 0 Å². The Hall–Kier alpha value is -2.18. The molecule has 0 saturated carbocycles. The number of amides is 1. The molecule has 0 spiro atoms. The van der Waals surface area contributed by atoms with E-state index < -0.39 is 0 Å². The van der Waals surface area contributed by atoms with E-state index in [0.29, 0.717) is 11.6 Å². The van der Waals surface area contributed by atoms with Crippen molar-refractivity contribution < 1.29 is 4.79 Å². The molecule has 7 heteroatoms. The van der Waals surface area contributed by atoms with Gasteiger partial charge in [0.25, 0.3) is 0 Å². The van der Waals surface area contributed by atoms with Crippen molar-refractivity contribution in [2.45, 2.75) is 33.1 Å². The van der Waals surface area contributed by atoms with Crippen LogP contribution >= 0.6 is 22.9 Å². The number of aryl methyl sites for hydroxylation is 1. The molecular weight excluding hydrogens is 392 g/mol. The van der Waals surface area contributed by atoms with Gasteiger partial charge in [0.2, 0.25) is 5.91 Å². The molecule has 0 radical (unpaired) electrons. The summed E-state index contributed by atoms with van der Waals surface area (Å²) >= 11 is 7.90. The average Bonchev–Trinajstić information content (AvgIpc) is 3.15. The lowest BCUT2D eigenvalue weighted by Gasteiger charge is -2.33. The van der Waals surface area contributed by atoms with Crippen LogP contribution in [0.3, 0.4) is 0 Å². The Morgan fingerprint density at radius 2 is 2.25 bits per heavy atom. The van der Waals surface area contributed by atoms with Crippen LogP contribution < -0.4 is 10.2 Å². The smallest absolute Gasteiger partial charge is 0.229 e. The topological polar surface area (TPSA) is 58.1 Å². The Labute approximate surface area is 173 Å². The number of aromatic nitrogens is 2. The first-order valence-corrected chi connectivity index (χ1v) is 10.8. The number of carbonyl (C=O) groups is 1. The first-order chi connectivity index (χ1) is 13.6. The number of carbonyl (C=O) groups excluding carboxylic acids is 1. The molecule has 5 nitrogen and oxygen atoms in total. The molecule has 3 aromatic rings. The summed E-state index contributed by atoms with van der Waals surface area (Å²) in [5, 5.41) is 4.82. The summed E-state index contributed by atoms with van der Waals surface area (Å²) in [5.41, 5.74) is 1.68. The van der Waals surface area contributed by atoms with Crippen LogP contribution in [-0.4, -0.2) is 29.0 Å². The molecule has 4 rings (SSSR count). The lowest BCUT2D eigenvalue weighted by Crippen LogP contribution is -2.41. The summed E-state index contributed by atoms with van der Waals surface area (Å²) in [6.45, 7) is 5.64. The lowest BCUT2D eigenvalue weighted by molar-refractivity contribution is -0.120. The molecule has 146 valence electrons.